The molecular weight excluding hydrogens is 176 g/mol. The Morgan fingerprint density at radius 3 is 3.29 bits per heavy atom. The van der Waals surface area contributed by atoms with Gasteiger partial charge in [-0.05, 0) is 19.4 Å². The van der Waals surface area contributed by atoms with Gasteiger partial charge in [0.1, 0.15) is 0 Å². The Kier molecular flexibility index (Phi) is 3.24. The summed E-state index contributed by atoms with van der Waals surface area (Å²) in [4.78, 5) is 6.87. The van der Waals surface area contributed by atoms with Crippen molar-refractivity contribution in [3.05, 3.63) is 0 Å². The number of rotatable bonds is 3. The molecule has 4 heteroatoms. The van der Waals surface area contributed by atoms with Crippen LogP contribution in [0.4, 0.5) is 0 Å². The van der Waals surface area contributed by atoms with Crippen LogP contribution in [0.2, 0.25) is 0 Å². The lowest BCUT2D eigenvalue weighted by Gasteiger charge is -2.16. The van der Waals surface area contributed by atoms with Crippen molar-refractivity contribution in [3.63, 3.8) is 0 Å². The second-order valence-corrected chi connectivity index (χ2v) is 4.09. The summed E-state index contributed by atoms with van der Waals surface area (Å²) in [5.74, 6) is 1.01. The SMILES string of the molecule is CCCN1CCC(NC2=NCCN2)C1. The van der Waals surface area contributed by atoms with Crippen LogP contribution < -0.4 is 10.6 Å². The fourth-order valence-corrected chi connectivity index (χ4v) is 2.16. The molecule has 2 rings (SSSR count). The van der Waals surface area contributed by atoms with Gasteiger partial charge in [-0.15, -0.1) is 0 Å². The molecule has 2 heterocycles. The molecule has 0 aromatic carbocycles. The highest BCUT2D eigenvalue weighted by Crippen LogP contribution is 2.09. The Bertz CT molecular complexity index is 214. The van der Waals surface area contributed by atoms with E-state index >= 15 is 0 Å². The minimum Gasteiger partial charge on any atom is -0.355 e. The van der Waals surface area contributed by atoms with E-state index in [9.17, 15) is 0 Å². The second kappa shape index (κ2) is 4.64. The maximum atomic E-state index is 4.35. The standard InChI is InChI=1S/C10H20N4/c1-2-6-14-7-3-9(8-14)13-10-11-4-5-12-10/h9H,2-8H2,1H3,(H2,11,12,13). The van der Waals surface area contributed by atoms with Crippen LogP contribution in [-0.2, 0) is 0 Å². The fraction of sp³-hybridized carbons (Fsp3) is 0.900. The Hall–Kier alpha value is -0.770. The van der Waals surface area contributed by atoms with Gasteiger partial charge >= 0.3 is 0 Å². The zero-order valence-electron chi connectivity index (χ0n) is 8.92. The molecule has 0 aromatic heterocycles. The molecule has 2 aliphatic heterocycles. The maximum Gasteiger partial charge on any atom is 0.191 e. The number of hydrogen-bond donors (Lipinski definition) is 2. The summed E-state index contributed by atoms with van der Waals surface area (Å²) in [7, 11) is 0. The third-order valence-corrected chi connectivity index (χ3v) is 2.83. The van der Waals surface area contributed by atoms with Crippen LogP contribution >= 0.6 is 0 Å². The Morgan fingerprint density at radius 1 is 1.64 bits per heavy atom. The van der Waals surface area contributed by atoms with Crippen LogP contribution in [0.1, 0.15) is 19.8 Å². The van der Waals surface area contributed by atoms with E-state index in [1.807, 2.05) is 0 Å². The molecule has 1 saturated heterocycles. The molecular formula is C10H20N4. The molecule has 80 valence electrons. The number of aliphatic imine (C=N–C) groups is 1. The van der Waals surface area contributed by atoms with E-state index in [0.29, 0.717) is 6.04 Å². The molecule has 0 aromatic rings. The summed E-state index contributed by atoms with van der Waals surface area (Å²) in [6, 6.07) is 0.603. The molecule has 0 bridgehead atoms. The number of guanidine groups is 1. The zero-order chi connectivity index (χ0) is 9.80. The molecule has 0 saturated carbocycles. The first-order valence-corrected chi connectivity index (χ1v) is 5.65. The Balaban J connectivity index is 1.72. The number of nitrogens with zero attached hydrogens (tertiary/aromatic N) is 2. The molecule has 14 heavy (non-hydrogen) atoms. The Morgan fingerprint density at radius 2 is 2.57 bits per heavy atom. The number of likely N-dealkylation sites (tertiary alicyclic amines) is 1. The molecule has 1 unspecified atom stereocenters. The van der Waals surface area contributed by atoms with Crippen molar-refractivity contribution in [2.45, 2.75) is 25.8 Å². The third-order valence-electron chi connectivity index (χ3n) is 2.83. The molecule has 1 fully saturated rings. The van der Waals surface area contributed by atoms with E-state index in [2.05, 4.69) is 27.4 Å². The topological polar surface area (TPSA) is 39.7 Å². The maximum absolute atomic E-state index is 4.35. The summed E-state index contributed by atoms with van der Waals surface area (Å²) in [5, 5.41) is 6.71. The van der Waals surface area contributed by atoms with Gasteiger partial charge in [-0.3, -0.25) is 4.99 Å². The Labute approximate surface area is 85.8 Å². The van der Waals surface area contributed by atoms with E-state index in [4.69, 9.17) is 0 Å². The van der Waals surface area contributed by atoms with Gasteiger partial charge < -0.3 is 15.5 Å². The summed E-state index contributed by atoms with van der Waals surface area (Å²) in [6.07, 6.45) is 2.51. The van der Waals surface area contributed by atoms with Gasteiger partial charge in [-0.1, -0.05) is 6.92 Å². The smallest absolute Gasteiger partial charge is 0.191 e. The highest BCUT2D eigenvalue weighted by Gasteiger charge is 2.22. The van der Waals surface area contributed by atoms with Crippen LogP contribution in [-0.4, -0.2) is 49.6 Å². The van der Waals surface area contributed by atoms with Gasteiger partial charge in [0.15, 0.2) is 5.96 Å². The zero-order valence-corrected chi connectivity index (χ0v) is 8.92. The summed E-state index contributed by atoms with van der Waals surface area (Å²) < 4.78 is 0. The van der Waals surface area contributed by atoms with Gasteiger partial charge in [0, 0.05) is 25.7 Å². The van der Waals surface area contributed by atoms with Crippen molar-refractivity contribution in [3.8, 4) is 0 Å². The highest BCUT2D eigenvalue weighted by atomic mass is 15.3. The van der Waals surface area contributed by atoms with Crippen LogP contribution in [0.15, 0.2) is 4.99 Å². The predicted molar refractivity (Wildman–Crippen MR) is 58.6 cm³/mol. The monoisotopic (exact) mass is 196 g/mol. The van der Waals surface area contributed by atoms with E-state index in [-0.39, 0.29) is 0 Å². The van der Waals surface area contributed by atoms with E-state index in [1.165, 1.54) is 32.5 Å². The largest absolute Gasteiger partial charge is 0.355 e. The van der Waals surface area contributed by atoms with Crippen molar-refractivity contribution < 1.29 is 0 Å². The van der Waals surface area contributed by atoms with Crippen LogP contribution in [0, 0.1) is 0 Å². The normalized spacial score (nSPS) is 27.5. The number of nitrogens with one attached hydrogen (secondary N) is 2. The van der Waals surface area contributed by atoms with Crippen molar-refractivity contribution in [1.82, 2.24) is 15.5 Å². The lowest BCUT2D eigenvalue weighted by molar-refractivity contribution is 0.332. The molecule has 0 amide bonds. The fourth-order valence-electron chi connectivity index (χ4n) is 2.16. The summed E-state index contributed by atoms with van der Waals surface area (Å²) in [5.41, 5.74) is 0. The van der Waals surface area contributed by atoms with Crippen LogP contribution in [0.5, 0.6) is 0 Å². The van der Waals surface area contributed by atoms with Gasteiger partial charge in [-0.25, -0.2) is 0 Å². The molecule has 2 N–H and O–H groups in total. The quantitative estimate of drug-likeness (QED) is 0.668. The van der Waals surface area contributed by atoms with Crippen molar-refractivity contribution >= 4 is 5.96 Å². The van der Waals surface area contributed by atoms with Crippen LogP contribution in [0.3, 0.4) is 0 Å². The minimum absolute atomic E-state index is 0.603. The van der Waals surface area contributed by atoms with E-state index in [0.717, 1.165) is 19.0 Å². The second-order valence-electron chi connectivity index (χ2n) is 4.09. The van der Waals surface area contributed by atoms with E-state index in [1.54, 1.807) is 0 Å². The van der Waals surface area contributed by atoms with Crippen molar-refractivity contribution in [2.75, 3.05) is 32.7 Å². The predicted octanol–water partition coefficient (Wildman–Crippen LogP) is 0.0195. The lowest BCUT2D eigenvalue weighted by atomic mass is 10.3. The summed E-state index contributed by atoms with van der Waals surface area (Å²) in [6.45, 7) is 7.80. The van der Waals surface area contributed by atoms with Crippen molar-refractivity contribution in [1.29, 1.82) is 0 Å². The average molecular weight is 196 g/mol. The van der Waals surface area contributed by atoms with Gasteiger partial charge in [0.05, 0.1) is 6.54 Å². The molecule has 1 atom stereocenters. The molecule has 4 nitrogen and oxygen atoms in total. The molecule has 2 aliphatic rings. The van der Waals surface area contributed by atoms with Crippen LogP contribution in [0.25, 0.3) is 0 Å². The van der Waals surface area contributed by atoms with Gasteiger partial charge in [-0.2, -0.15) is 0 Å². The molecule has 0 radical (unpaired) electrons. The average Bonchev–Trinajstić information content (AvgIpc) is 2.79. The van der Waals surface area contributed by atoms with E-state index < -0.39 is 0 Å². The highest BCUT2D eigenvalue weighted by molar-refractivity contribution is 5.81. The first kappa shape index (κ1) is 9.77. The van der Waals surface area contributed by atoms with Gasteiger partial charge in [0.25, 0.3) is 0 Å². The summed E-state index contributed by atoms with van der Waals surface area (Å²) >= 11 is 0. The first-order valence-electron chi connectivity index (χ1n) is 5.65. The molecule has 0 spiro atoms. The number of hydrogen-bond acceptors (Lipinski definition) is 4. The van der Waals surface area contributed by atoms with Crippen molar-refractivity contribution in [2.24, 2.45) is 4.99 Å². The third kappa shape index (κ3) is 2.38. The lowest BCUT2D eigenvalue weighted by Crippen LogP contribution is -2.42. The molecule has 0 aliphatic carbocycles. The van der Waals surface area contributed by atoms with Gasteiger partial charge in [0.2, 0.25) is 0 Å². The minimum atomic E-state index is 0.603. The first-order chi connectivity index (χ1) is 6.88.